The summed E-state index contributed by atoms with van der Waals surface area (Å²) in [5.74, 6) is -1.25. The first-order valence-corrected chi connectivity index (χ1v) is 5.84. The molecule has 0 bridgehead atoms. The van der Waals surface area contributed by atoms with Gasteiger partial charge in [-0.25, -0.2) is 4.79 Å². The van der Waals surface area contributed by atoms with Gasteiger partial charge in [0.2, 0.25) is 0 Å². The van der Waals surface area contributed by atoms with Crippen LogP contribution < -0.4 is 0 Å². The van der Waals surface area contributed by atoms with Crippen molar-refractivity contribution in [3.63, 3.8) is 0 Å². The molecule has 78 valence electrons. The number of halogens is 2. The van der Waals surface area contributed by atoms with Gasteiger partial charge in [-0.1, -0.05) is 49.1 Å². The van der Waals surface area contributed by atoms with Crippen LogP contribution in [0.4, 0.5) is 0 Å². The lowest BCUT2D eigenvalue weighted by atomic mass is 10.1. The van der Waals surface area contributed by atoms with Crippen molar-refractivity contribution in [3.8, 4) is 0 Å². The average molecular weight is 335 g/mol. The minimum Gasteiger partial charge on any atom is -0.475 e. The van der Waals surface area contributed by atoms with E-state index < -0.39 is 5.97 Å². The summed E-state index contributed by atoms with van der Waals surface area (Å²) in [6.45, 7) is 0. The smallest absolute Gasteiger partial charge is 0.375 e. The Labute approximate surface area is 101 Å². The molecule has 2 aromatic rings. The Morgan fingerprint density at radius 1 is 1.47 bits per heavy atom. The number of aromatic carboxylic acids is 1. The van der Waals surface area contributed by atoms with Gasteiger partial charge in [0.15, 0.2) is 0 Å². The van der Waals surface area contributed by atoms with Crippen molar-refractivity contribution in [2.75, 3.05) is 0 Å². The molecule has 0 fully saturated rings. The molecule has 0 aliphatic heterocycles. The van der Waals surface area contributed by atoms with Crippen molar-refractivity contribution in [2.24, 2.45) is 0 Å². The Hall–Kier alpha value is -0.880. The molecule has 0 saturated heterocycles. The molecule has 0 atom stereocenters. The number of aromatic nitrogens is 1. The van der Waals surface area contributed by atoms with Crippen molar-refractivity contribution in [1.29, 1.82) is 0 Å². The highest BCUT2D eigenvalue weighted by Gasteiger charge is 2.20. The standard InChI is InChI=1S/C9H5Br2NO3/c10-8(11)4-2-1-3-5-6(4)7(9(13)14)15-12-5/h1-3,8H,(H,13,14). The van der Waals surface area contributed by atoms with Gasteiger partial charge in [-0.2, -0.15) is 0 Å². The molecule has 0 spiro atoms. The molecule has 0 saturated carbocycles. The van der Waals surface area contributed by atoms with Gasteiger partial charge in [-0.05, 0) is 11.6 Å². The predicted octanol–water partition coefficient (Wildman–Crippen LogP) is 3.31. The maximum absolute atomic E-state index is 10.9. The lowest BCUT2D eigenvalue weighted by Crippen LogP contribution is -1.95. The van der Waals surface area contributed by atoms with Crippen LogP contribution in [0.15, 0.2) is 22.7 Å². The van der Waals surface area contributed by atoms with Gasteiger partial charge in [0.1, 0.15) is 5.52 Å². The van der Waals surface area contributed by atoms with Gasteiger partial charge in [-0.15, -0.1) is 0 Å². The molecule has 0 amide bonds. The van der Waals surface area contributed by atoms with E-state index in [-0.39, 0.29) is 9.50 Å². The first-order valence-electron chi connectivity index (χ1n) is 4.01. The van der Waals surface area contributed by atoms with Crippen LogP contribution in [0.2, 0.25) is 0 Å². The maximum Gasteiger partial charge on any atom is 0.375 e. The third kappa shape index (κ3) is 1.79. The van der Waals surface area contributed by atoms with Gasteiger partial charge >= 0.3 is 5.97 Å². The third-order valence-electron chi connectivity index (χ3n) is 1.97. The fourth-order valence-corrected chi connectivity index (χ4v) is 2.11. The van der Waals surface area contributed by atoms with E-state index in [0.717, 1.165) is 5.56 Å². The van der Waals surface area contributed by atoms with E-state index in [1.165, 1.54) is 0 Å². The van der Waals surface area contributed by atoms with Crippen LogP contribution in [0.3, 0.4) is 0 Å². The first-order chi connectivity index (χ1) is 7.11. The molecular weight excluding hydrogens is 330 g/mol. The molecule has 0 aliphatic carbocycles. The second kappa shape index (κ2) is 3.94. The van der Waals surface area contributed by atoms with Crippen molar-refractivity contribution >= 4 is 48.7 Å². The summed E-state index contributed by atoms with van der Waals surface area (Å²) in [6.07, 6.45) is 0. The summed E-state index contributed by atoms with van der Waals surface area (Å²) >= 11 is 6.65. The summed E-state index contributed by atoms with van der Waals surface area (Å²) in [5, 5.41) is 13.1. The zero-order chi connectivity index (χ0) is 11.0. The van der Waals surface area contributed by atoms with E-state index in [1.807, 2.05) is 0 Å². The number of hydrogen-bond acceptors (Lipinski definition) is 3. The number of fused-ring (bicyclic) bond motifs is 1. The zero-order valence-corrected chi connectivity index (χ0v) is 10.4. The normalized spacial score (nSPS) is 11.1. The summed E-state index contributed by atoms with van der Waals surface area (Å²) < 4.78 is 4.64. The van der Waals surface area contributed by atoms with Crippen LogP contribution >= 0.6 is 31.9 Å². The Bertz CT molecular complexity index is 521. The number of carboxylic acid groups (broad SMARTS) is 1. The molecule has 1 heterocycles. The SMILES string of the molecule is O=C(O)c1onc2cccc(C(Br)Br)c12. The quantitative estimate of drug-likeness (QED) is 0.856. The average Bonchev–Trinajstić information content (AvgIpc) is 2.60. The van der Waals surface area contributed by atoms with Crippen molar-refractivity contribution in [1.82, 2.24) is 5.16 Å². The molecule has 0 radical (unpaired) electrons. The van der Waals surface area contributed by atoms with E-state index in [2.05, 4.69) is 37.0 Å². The van der Waals surface area contributed by atoms with Gasteiger partial charge in [0, 0.05) is 0 Å². The van der Waals surface area contributed by atoms with Gasteiger partial charge in [0.25, 0.3) is 5.76 Å². The van der Waals surface area contributed by atoms with E-state index in [4.69, 9.17) is 9.63 Å². The zero-order valence-electron chi connectivity index (χ0n) is 7.28. The molecule has 4 nitrogen and oxygen atoms in total. The Kier molecular flexibility index (Phi) is 2.79. The number of rotatable bonds is 2. The Balaban J connectivity index is 2.80. The highest BCUT2D eigenvalue weighted by molar-refractivity contribution is 9.24. The van der Waals surface area contributed by atoms with Crippen molar-refractivity contribution in [2.45, 2.75) is 3.74 Å². The second-order valence-corrected chi connectivity index (χ2v) is 5.92. The number of nitrogens with zero attached hydrogens (tertiary/aromatic N) is 1. The minimum absolute atomic E-state index is 0.133. The minimum atomic E-state index is -1.12. The summed E-state index contributed by atoms with van der Waals surface area (Å²) in [4.78, 5) is 10.9. The van der Waals surface area contributed by atoms with Gasteiger partial charge in [0.05, 0.1) is 9.12 Å². The van der Waals surface area contributed by atoms with Crippen LogP contribution in [0, 0.1) is 0 Å². The number of alkyl halides is 2. The van der Waals surface area contributed by atoms with E-state index in [9.17, 15) is 4.79 Å². The lowest BCUT2D eigenvalue weighted by molar-refractivity contribution is 0.0655. The first kappa shape index (κ1) is 10.6. The van der Waals surface area contributed by atoms with Crippen LogP contribution in [0.5, 0.6) is 0 Å². The van der Waals surface area contributed by atoms with E-state index in [1.54, 1.807) is 18.2 Å². The Morgan fingerprint density at radius 3 is 2.80 bits per heavy atom. The molecule has 0 unspecified atom stereocenters. The van der Waals surface area contributed by atoms with E-state index in [0.29, 0.717) is 10.9 Å². The second-order valence-electron chi connectivity index (χ2n) is 2.86. The van der Waals surface area contributed by atoms with Crippen molar-refractivity contribution < 1.29 is 14.4 Å². The number of carboxylic acids is 1. The molecule has 1 aromatic carbocycles. The molecule has 6 heteroatoms. The largest absolute Gasteiger partial charge is 0.475 e. The summed E-state index contributed by atoms with van der Waals surface area (Å²) in [6, 6.07) is 5.30. The lowest BCUT2D eigenvalue weighted by Gasteiger charge is -2.02. The number of hydrogen-bond donors (Lipinski definition) is 1. The highest BCUT2D eigenvalue weighted by Crippen LogP contribution is 2.35. The fourth-order valence-electron chi connectivity index (χ4n) is 1.35. The number of carbonyl (C=O) groups is 1. The molecular formula is C9H5Br2NO3. The predicted molar refractivity (Wildman–Crippen MR) is 61.6 cm³/mol. The monoisotopic (exact) mass is 333 g/mol. The van der Waals surface area contributed by atoms with Crippen molar-refractivity contribution in [3.05, 3.63) is 29.5 Å². The third-order valence-corrected chi connectivity index (χ3v) is 2.95. The molecule has 1 N–H and O–H groups in total. The molecule has 15 heavy (non-hydrogen) atoms. The van der Waals surface area contributed by atoms with Crippen LogP contribution in [0.25, 0.3) is 10.9 Å². The number of benzene rings is 1. The molecule has 2 rings (SSSR count). The molecule has 0 aliphatic rings. The topological polar surface area (TPSA) is 63.3 Å². The van der Waals surface area contributed by atoms with Crippen LogP contribution in [-0.2, 0) is 0 Å². The fraction of sp³-hybridized carbons (Fsp3) is 0.111. The van der Waals surface area contributed by atoms with Crippen LogP contribution in [-0.4, -0.2) is 16.2 Å². The summed E-state index contributed by atoms with van der Waals surface area (Å²) in [5.41, 5.74) is 1.32. The van der Waals surface area contributed by atoms with Crippen LogP contribution in [0.1, 0.15) is 19.9 Å². The van der Waals surface area contributed by atoms with Gasteiger partial charge in [-0.3, -0.25) is 0 Å². The van der Waals surface area contributed by atoms with E-state index >= 15 is 0 Å². The van der Waals surface area contributed by atoms with Gasteiger partial charge < -0.3 is 9.63 Å². The molecule has 1 aromatic heterocycles. The Morgan fingerprint density at radius 2 is 2.20 bits per heavy atom. The highest BCUT2D eigenvalue weighted by atomic mass is 79.9. The maximum atomic E-state index is 10.9. The summed E-state index contributed by atoms with van der Waals surface area (Å²) in [7, 11) is 0.